The SMILES string of the molecule is CCOC(=O)C1=C(CN2CCN(c3ccccc3)CC2)NC(=O)N[C@@H]1c1ccccc1OCC. The third kappa shape index (κ3) is 5.34. The molecule has 8 nitrogen and oxygen atoms in total. The summed E-state index contributed by atoms with van der Waals surface area (Å²) >= 11 is 0. The van der Waals surface area contributed by atoms with Crippen molar-refractivity contribution < 1.29 is 19.1 Å². The van der Waals surface area contributed by atoms with Crippen molar-refractivity contribution in [1.29, 1.82) is 0 Å². The molecule has 0 spiro atoms. The van der Waals surface area contributed by atoms with E-state index >= 15 is 0 Å². The van der Waals surface area contributed by atoms with Gasteiger partial charge in [0.25, 0.3) is 0 Å². The molecule has 2 amide bonds. The molecule has 2 aromatic rings. The average molecular weight is 465 g/mol. The Labute approximate surface area is 200 Å². The van der Waals surface area contributed by atoms with Gasteiger partial charge in [-0.3, -0.25) is 4.90 Å². The third-order valence-electron chi connectivity index (χ3n) is 6.05. The number of hydrogen-bond acceptors (Lipinski definition) is 6. The number of benzene rings is 2. The molecule has 0 radical (unpaired) electrons. The summed E-state index contributed by atoms with van der Waals surface area (Å²) in [5, 5.41) is 5.78. The number of anilines is 1. The molecule has 0 bridgehead atoms. The Balaban J connectivity index is 1.60. The number of hydrogen-bond donors (Lipinski definition) is 2. The fourth-order valence-corrected chi connectivity index (χ4v) is 4.46. The highest BCUT2D eigenvalue weighted by Gasteiger charge is 2.36. The predicted molar refractivity (Wildman–Crippen MR) is 131 cm³/mol. The lowest BCUT2D eigenvalue weighted by molar-refractivity contribution is -0.139. The zero-order valence-corrected chi connectivity index (χ0v) is 19.8. The molecule has 0 aromatic heterocycles. The van der Waals surface area contributed by atoms with Crippen LogP contribution < -0.4 is 20.3 Å². The molecule has 1 fully saturated rings. The summed E-state index contributed by atoms with van der Waals surface area (Å²) in [4.78, 5) is 30.4. The minimum Gasteiger partial charge on any atom is -0.494 e. The van der Waals surface area contributed by atoms with Crippen LogP contribution in [0.15, 0.2) is 65.9 Å². The quantitative estimate of drug-likeness (QED) is 0.585. The highest BCUT2D eigenvalue weighted by molar-refractivity contribution is 5.95. The highest BCUT2D eigenvalue weighted by Crippen LogP contribution is 2.34. The number of nitrogens with zero attached hydrogens (tertiary/aromatic N) is 2. The van der Waals surface area contributed by atoms with E-state index in [2.05, 4.69) is 32.6 Å². The predicted octanol–water partition coefficient (Wildman–Crippen LogP) is 3.08. The topological polar surface area (TPSA) is 83.1 Å². The first-order valence-electron chi connectivity index (χ1n) is 11.8. The molecular formula is C26H32N4O4. The van der Waals surface area contributed by atoms with Gasteiger partial charge in [0.15, 0.2) is 0 Å². The maximum Gasteiger partial charge on any atom is 0.338 e. The van der Waals surface area contributed by atoms with E-state index in [0.717, 1.165) is 31.7 Å². The second-order valence-electron chi connectivity index (χ2n) is 8.21. The number of rotatable bonds is 8. The van der Waals surface area contributed by atoms with Crippen LogP contribution in [-0.4, -0.2) is 62.8 Å². The van der Waals surface area contributed by atoms with E-state index in [1.807, 2.05) is 49.4 Å². The summed E-state index contributed by atoms with van der Waals surface area (Å²) in [6.45, 7) is 8.24. The number of nitrogens with one attached hydrogen (secondary N) is 2. The summed E-state index contributed by atoms with van der Waals surface area (Å²) in [7, 11) is 0. The van der Waals surface area contributed by atoms with Crippen LogP contribution in [0.3, 0.4) is 0 Å². The fourth-order valence-electron chi connectivity index (χ4n) is 4.46. The minimum atomic E-state index is -0.656. The van der Waals surface area contributed by atoms with E-state index in [9.17, 15) is 9.59 Å². The van der Waals surface area contributed by atoms with Crippen LogP contribution in [0.2, 0.25) is 0 Å². The molecule has 2 aromatic carbocycles. The van der Waals surface area contributed by atoms with Gasteiger partial charge >= 0.3 is 12.0 Å². The molecule has 0 unspecified atom stereocenters. The maximum atomic E-state index is 13.1. The van der Waals surface area contributed by atoms with Crippen molar-refractivity contribution in [2.24, 2.45) is 0 Å². The average Bonchev–Trinajstić information content (AvgIpc) is 2.85. The van der Waals surface area contributed by atoms with Crippen LogP contribution >= 0.6 is 0 Å². The first-order chi connectivity index (χ1) is 16.6. The van der Waals surface area contributed by atoms with Crippen LogP contribution in [0.25, 0.3) is 0 Å². The number of carbonyl (C=O) groups is 2. The van der Waals surface area contributed by atoms with Gasteiger partial charge in [0.05, 0.1) is 24.8 Å². The zero-order valence-electron chi connectivity index (χ0n) is 19.8. The molecule has 2 aliphatic heterocycles. The standard InChI is InChI=1S/C26H32N4O4/c1-3-33-22-13-9-8-12-20(22)24-23(25(31)34-4-2)21(27-26(32)28-24)18-29-14-16-30(17-15-29)19-10-6-5-7-11-19/h5-13,24H,3-4,14-18H2,1-2H3,(H2,27,28,32)/t24-/m1/s1. The van der Waals surface area contributed by atoms with E-state index in [0.29, 0.717) is 30.2 Å². The molecule has 2 aliphatic rings. The Bertz CT molecular complexity index is 1030. The fraction of sp³-hybridized carbons (Fsp3) is 0.385. The van der Waals surface area contributed by atoms with Crippen LogP contribution in [0.4, 0.5) is 10.5 Å². The number of piperazine rings is 1. The summed E-state index contributed by atoms with van der Waals surface area (Å²) in [6.07, 6.45) is 0. The number of amides is 2. The molecule has 0 aliphatic carbocycles. The van der Waals surface area contributed by atoms with E-state index in [1.165, 1.54) is 5.69 Å². The van der Waals surface area contributed by atoms with Gasteiger partial charge in [0, 0.05) is 49.7 Å². The molecule has 4 rings (SSSR count). The molecule has 180 valence electrons. The van der Waals surface area contributed by atoms with E-state index in [1.54, 1.807) is 6.92 Å². The smallest absolute Gasteiger partial charge is 0.338 e. The Kier molecular flexibility index (Phi) is 7.69. The normalized spacial score (nSPS) is 18.8. The first-order valence-corrected chi connectivity index (χ1v) is 11.8. The van der Waals surface area contributed by atoms with Crippen molar-refractivity contribution in [2.75, 3.05) is 50.8 Å². The molecule has 8 heteroatoms. The number of esters is 1. The van der Waals surface area contributed by atoms with Gasteiger partial charge in [0.2, 0.25) is 0 Å². The van der Waals surface area contributed by atoms with Gasteiger partial charge in [0.1, 0.15) is 5.75 Å². The van der Waals surface area contributed by atoms with Crippen LogP contribution in [-0.2, 0) is 9.53 Å². The number of urea groups is 1. The minimum absolute atomic E-state index is 0.249. The lowest BCUT2D eigenvalue weighted by atomic mass is 9.94. The van der Waals surface area contributed by atoms with Gasteiger partial charge in [-0.1, -0.05) is 36.4 Å². The van der Waals surface area contributed by atoms with E-state index < -0.39 is 12.0 Å². The van der Waals surface area contributed by atoms with E-state index in [4.69, 9.17) is 9.47 Å². The van der Waals surface area contributed by atoms with Crippen molar-refractivity contribution in [3.8, 4) is 5.75 Å². The molecule has 1 atom stereocenters. The van der Waals surface area contributed by atoms with Crippen molar-refractivity contribution >= 4 is 17.7 Å². The van der Waals surface area contributed by atoms with Crippen LogP contribution in [0, 0.1) is 0 Å². The van der Waals surface area contributed by atoms with Gasteiger partial charge in [-0.05, 0) is 32.0 Å². The largest absolute Gasteiger partial charge is 0.494 e. The van der Waals surface area contributed by atoms with Crippen molar-refractivity contribution in [3.63, 3.8) is 0 Å². The molecular weight excluding hydrogens is 432 g/mol. The van der Waals surface area contributed by atoms with Gasteiger partial charge < -0.3 is 25.0 Å². The molecule has 34 heavy (non-hydrogen) atoms. The monoisotopic (exact) mass is 464 g/mol. The highest BCUT2D eigenvalue weighted by atomic mass is 16.5. The van der Waals surface area contributed by atoms with Crippen LogP contribution in [0.1, 0.15) is 25.5 Å². The van der Waals surface area contributed by atoms with E-state index in [-0.39, 0.29) is 12.6 Å². The molecule has 2 N–H and O–H groups in total. The number of carbonyl (C=O) groups excluding carboxylic acids is 2. The Morgan fingerprint density at radius 3 is 2.38 bits per heavy atom. The number of ether oxygens (including phenoxy) is 2. The lowest BCUT2D eigenvalue weighted by Gasteiger charge is -2.38. The zero-order chi connectivity index (χ0) is 23.9. The third-order valence-corrected chi connectivity index (χ3v) is 6.05. The van der Waals surface area contributed by atoms with Crippen molar-refractivity contribution in [2.45, 2.75) is 19.9 Å². The molecule has 2 heterocycles. The molecule has 0 saturated carbocycles. The Morgan fingerprint density at radius 2 is 1.68 bits per heavy atom. The first kappa shape index (κ1) is 23.6. The second kappa shape index (κ2) is 11.1. The van der Waals surface area contributed by atoms with Gasteiger partial charge in [-0.25, -0.2) is 9.59 Å². The second-order valence-corrected chi connectivity index (χ2v) is 8.21. The lowest BCUT2D eigenvalue weighted by Crippen LogP contribution is -2.51. The Morgan fingerprint density at radius 1 is 0.971 bits per heavy atom. The Hall–Kier alpha value is -3.52. The summed E-state index contributed by atoms with van der Waals surface area (Å²) in [5.74, 6) is 0.194. The summed E-state index contributed by atoms with van der Waals surface area (Å²) < 4.78 is 11.2. The summed E-state index contributed by atoms with van der Waals surface area (Å²) in [6, 6.07) is 16.8. The van der Waals surface area contributed by atoms with Crippen LogP contribution in [0.5, 0.6) is 5.75 Å². The van der Waals surface area contributed by atoms with Crippen molar-refractivity contribution in [1.82, 2.24) is 15.5 Å². The van der Waals surface area contributed by atoms with Crippen molar-refractivity contribution in [3.05, 3.63) is 71.4 Å². The number of para-hydroxylation sites is 2. The van der Waals surface area contributed by atoms with Gasteiger partial charge in [-0.2, -0.15) is 0 Å². The molecule has 1 saturated heterocycles. The van der Waals surface area contributed by atoms with Gasteiger partial charge in [-0.15, -0.1) is 0 Å². The summed E-state index contributed by atoms with van der Waals surface area (Å²) in [5.41, 5.74) is 2.93. The maximum absolute atomic E-state index is 13.1.